The molecular formula is C48H51N6O2S4+. The number of rotatable bonds is 18. The highest BCUT2D eigenvalue weighted by Crippen LogP contribution is 2.30. The van der Waals surface area contributed by atoms with Crippen LogP contribution in [0.1, 0.15) is 41.4 Å². The van der Waals surface area contributed by atoms with Gasteiger partial charge in [-0.3, -0.25) is 14.6 Å². The number of aliphatic imine (C=N–C) groups is 1. The molecule has 0 radical (unpaired) electrons. The molecule has 7 rings (SSSR count). The number of fused-ring (bicyclic) bond motifs is 3. The lowest BCUT2D eigenvalue weighted by Crippen LogP contribution is -2.33. The number of benzene rings is 4. The molecule has 0 bridgehead atoms. The summed E-state index contributed by atoms with van der Waals surface area (Å²) >= 11 is 3.45. The maximum atomic E-state index is 13.2. The van der Waals surface area contributed by atoms with Crippen LogP contribution in [0.5, 0.6) is 0 Å². The average molecular weight is 872 g/mol. The molecular weight excluding hydrogens is 821 g/mol. The largest absolute Gasteiger partial charge is 0.354 e. The quantitative estimate of drug-likeness (QED) is 0.0224. The van der Waals surface area contributed by atoms with Gasteiger partial charge in [0, 0.05) is 92.5 Å². The maximum Gasteiger partial charge on any atom is 0.262 e. The first-order valence-corrected chi connectivity index (χ1v) is 24.5. The number of nitrogens with one attached hydrogen (secondary N) is 2. The zero-order valence-corrected chi connectivity index (χ0v) is 37.8. The van der Waals surface area contributed by atoms with E-state index in [9.17, 15) is 9.59 Å². The topological polar surface area (TPSA) is 84.3 Å². The van der Waals surface area contributed by atoms with E-state index in [1.165, 1.54) is 15.2 Å². The third kappa shape index (κ3) is 10.3. The second-order valence-electron chi connectivity index (χ2n) is 14.1. The Bertz CT molecular complexity index is 2690. The first kappa shape index (κ1) is 43.1. The molecule has 3 aromatic heterocycles. The van der Waals surface area contributed by atoms with Gasteiger partial charge in [0.1, 0.15) is 24.3 Å². The molecule has 3 heterocycles. The van der Waals surface area contributed by atoms with Crippen molar-refractivity contribution in [3.05, 3.63) is 137 Å². The van der Waals surface area contributed by atoms with Crippen LogP contribution in [0.25, 0.3) is 50.3 Å². The smallest absolute Gasteiger partial charge is 0.262 e. The van der Waals surface area contributed by atoms with Gasteiger partial charge in [0.05, 0.1) is 5.04 Å². The SMILES string of the molecule is CC/N=C(\C=C\c1c(C)n(CC(=O)NCCSSCCNC(=O)Cn2c(C)c(/C=C/c3sc4ccccc4[n+]3CC)c3ccccc32)c2ccccc12)Sc1ccccc1. The van der Waals surface area contributed by atoms with Gasteiger partial charge in [0.25, 0.3) is 5.01 Å². The summed E-state index contributed by atoms with van der Waals surface area (Å²) < 4.78 is 7.84. The zero-order valence-electron chi connectivity index (χ0n) is 34.5. The van der Waals surface area contributed by atoms with Crippen molar-refractivity contribution in [2.45, 2.75) is 52.2 Å². The van der Waals surface area contributed by atoms with E-state index < -0.39 is 0 Å². The molecule has 0 aliphatic carbocycles. The minimum absolute atomic E-state index is 0.00680. The maximum absolute atomic E-state index is 13.2. The normalized spacial score (nSPS) is 12.2. The van der Waals surface area contributed by atoms with Crippen molar-refractivity contribution >= 4 is 112 Å². The number of aromatic nitrogens is 3. The molecule has 0 spiro atoms. The van der Waals surface area contributed by atoms with Gasteiger partial charge in [-0.25, -0.2) is 0 Å². The second kappa shape index (κ2) is 21.0. The summed E-state index contributed by atoms with van der Waals surface area (Å²) in [4.78, 5) is 32.2. The Hall–Kier alpha value is -5.01. The predicted molar refractivity (Wildman–Crippen MR) is 260 cm³/mol. The van der Waals surface area contributed by atoms with Crippen molar-refractivity contribution in [2.24, 2.45) is 4.99 Å². The fourth-order valence-corrected chi connectivity index (χ4v) is 11.2. The van der Waals surface area contributed by atoms with Crippen molar-refractivity contribution in [1.82, 2.24) is 19.8 Å². The van der Waals surface area contributed by atoms with Gasteiger partial charge in [0.15, 0.2) is 0 Å². The van der Waals surface area contributed by atoms with Gasteiger partial charge in [0.2, 0.25) is 17.3 Å². The number of aryl methyl sites for hydroxylation is 1. The van der Waals surface area contributed by atoms with Crippen LogP contribution in [-0.2, 0) is 29.2 Å². The van der Waals surface area contributed by atoms with Crippen molar-refractivity contribution in [3.8, 4) is 0 Å². The highest BCUT2D eigenvalue weighted by atomic mass is 33.1. The van der Waals surface area contributed by atoms with Gasteiger partial charge in [-0.1, -0.05) is 111 Å². The van der Waals surface area contributed by atoms with E-state index in [1.54, 1.807) is 44.7 Å². The number of thiazole rings is 1. The number of hydrogen-bond donors (Lipinski definition) is 2. The van der Waals surface area contributed by atoms with E-state index in [1.807, 2.05) is 43.3 Å². The Labute approximate surface area is 368 Å². The third-order valence-corrected chi connectivity index (χ3v) is 14.8. The Morgan fingerprint density at radius 3 is 1.85 bits per heavy atom. The number of carbonyl (C=O) groups is 2. The lowest BCUT2D eigenvalue weighted by molar-refractivity contribution is -0.665. The number of thioether (sulfide) groups is 1. The number of amides is 2. The molecule has 4 aromatic carbocycles. The number of hydrogen-bond acceptors (Lipinski definition) is 7. The van der Waals surface area contributed by atoms with Crippen LogP contribution in [-0.4, -0.2) is 57.1 Å². The van der Waals surface area contributed by atoms with E-state index in [0.29, 0.717) is 19.6 Å². The highest BCUT2D eigenvalue weighted by Gasteiger charge is 2.19. The van der Waals surface area contributed by atoms with Gasteiger partial charge < -0.3 is 19.8 Å². The average Bonchev–Trinajstić information content (AvgIpc) is 3.85. The van der Waals surface area contributed by atoms with Crippen LogP contribution in [0, 0.1) is 13.8 Å². The molecule has 7 aromatic rings. The lowest BCUT2D eigenvalue weighted by atomic mass is 10.1. The lowest BCUT2D eigenvalue weighted by Gasteiger charge is -2.10. The van der Waals surface area contributed by atoms with Crippen molar-refractivity contribution in [2.75, 3.05) is 31.1 Å². The predicted octanol–water partition coefficient (Wildman–Crippen LogP) is 10.4. The molecule has 2 amide bonds. The molecule has 0 aliphatic rings. The molecule has 12 heteroatoms. The highest BCUT2D eigenvalue weighted by molar-refractivity contribution is 8.76. The summed E-state index contributed by atoms with van der Waals surface area (Å²) in [5, 5.41) is 10.6. The van der Waals surface area contributed by atoms with Crippen LogP contribution < -0.4 is 15.2 Å². The van der Waals surface area contributed by atoms with Crippen molar-refractivity contribution in [1.29, 1.82) is 0 Å². The minimum Gasteiger partial charge on any atom is -0.354 e. The molecule has 8 nitrogen and oxygen atoms in total. The van der Waals surface area contributed by atoms with E-state index in [4.69, 9.17) is 4.99 Å². The van der Waals surface area contributed by atoms with Crippen LogP contribution >= 0.6 is 44.7 Å². The van der Waals surface area contributed by atoms with E-state index in [2.05, 4.69) is 136 Å². The van der Waals surface area contributed by atoms with Gasteiger partial charge >= 0.3 is 0 Å². The van der Waals surface area contributed by atoms with Crippen LogP contribution in [0.4, 0.5) is 0 Å². The van der Waals surface area contributed by atoms with E-state index >= 15 is 0 Å². The molecule has 0 saturated heterocycles. The molecule has 0 fully saturated rings. The Balaban J connectivity index is 0.866. The fraction of sp³-hybridized carbons (Fsp3) is 0.250. The standard InChI is InChI=1S/C48H50N6O2S4/c1-5-49-47(59-36-16-8-7-9-17-36)26-24-37-34(3)53(41-20-12-10-18-39(37)41)32-45(55)50-28-30-57-58-31-29-51-46(56)33-54-35(4)38(40-19-11-13-21-42(40)54)25-27-48-52(6-2)43-22-14-15-23-44(43)60-48/h7-27H,5-6,28-33H2,1-4H3,(H-,50,51,55,56)/p+1/b26-24+,49-47+. The molecule has 0 aliphatic heterocycles. The van der Waals surface area contributed by atoms with Crippen LogP contribution in [0.2, 0.25) is 0 Å². The monoisotopic (exact) mass is 871 g/mol. The van der Waals surface area contributed by atoms with E-state index in [0.717, 1.165) is 72.3 Å². The fourth-order valence-electron chi connectivity index (χ4n) is 7.42. The van der Waals surface area contributed by atoms with Crippen LogP contribution in [0.15, 0.2) is 119 Å². The van der Waals surface area contributed by atoms with E-state index in [-0.39, 0.29) is 24.9 Å². The second-order valence-corrected chi connectivity index (χ2v) is 19.0. The Morgan fingerprint density at radius 1 is 0.700 bits per heavy atom. The van der Waals surface area contributed by atoms with Crippen molar-refractivity contribution < 1.29 is 14.2 Å². The minimum atomic E-state index is -0.0173. The third-order valence-electron chi connectivity index (χ3n) is 10.3. The Morgan fingerprint density at radius 2 is 1.25 bits per heavy atom. The molecule has 0 saturated carbocycles. The Kier molecular flexibility index (Phi) is 15.1. The molecule has 0 atom stereocenters. The summed E-state index contributed by atoms with van der Waals surface area (Å²) in [5.74, 6) is 1.52. The molecule has 2 N–H and O–H groups in total. The first-order chi connectivity index (χ1) is 29.4. The summed E-state index contributed by atoms with van der Waals surface area (Å²) in [5.41, 5.74) is 7.68. The summed E-state index contributed by atoms with van der Waals surface area (Å²) in [6.07, 6.45) is 8.61. The van der Waals surface area contributed by atoms with Gasteiger partial charge in [-0.05, 0) is 76.3 Å². The summed E-state index contributed by atoms with van der Waals surface area (Å²) in [6.45, 7) is 11.7. The number of para-hydroxylation sites is 3. The number of carbonyl (C=O) groups excluding carboxylic acids is 2. The number of nitrogens with zero attached hydrogens (tertiary/aromatic N) is 4. The zero-order chi connectivity index (χ0) is 41.8. The van der Waals surface area contributed by atoms with Gasteiger partial charge in [-0.15, -0.1) is 0 Å². The van der Waals surface area contributed by atoms with Crippen molar-refractivity contribution in [3.63, 3.8) is 0 Å². The molecule has 60 heavy (non-hydrogen) atoms. The molecule has 0 unspecified atom stereocenters. The van der Waals surface area contributed by atoms with Crippen LogP contribution in [0.3, 0.4) is 0 Å². The first-order valence-electron chi connectivity index (χ1n) is 20.3. The summed E-state index contributed by atoms with van der Waals surface area (Å²) in [6, 6.07) is 35.4. The van der Waals surface area contributed by atoms with Gasteiger partial charge in [-0.2, -0.15) is 4.57 Å². The molecule has 308 valence electrons. The summed E-state index contributed by atoms with van der Waals surface area (Å²) in [7, 11) is 3.41.